The smallest absolute Gasteiger partial charge is 0.268 e. The summed E-state index contributed by atoms with van der Waals surface area (Å²) in [5.74, 6) is -0.510. The van der Waals surface area contributed by atoms with Crippen molar-refractivity contribution in [2.45, 2.75) is 25.3 Å². The molecule has 1 N–H and O–H groups in total. The highest BCUT2D eigenvalue weighted by molar-refractivity contribution is 7.92. The maximum absolute atomic E-state index is 13.7. The number of aromatic amines is 1. The minimum absolute atomic E-state index is 0.0314. The molecule has 130 valence electrons. The van der Waals surface area contributed by atoms with Crippen LogP contribution in [0.25, 0.3) is 0 Å². The van der Waals surface area contributed by atoms with E-state index in [0.717, 1.165) is 4.31 Å². The Bertz CT molecular complexity index is 967. The first-order valence-corrected chi connectivity index (χ1v) is 9.02. The predicted molar refractivity (Wildman–Crippen MR) is 92.1 cm³/mol. The van der Waals surface area contributed by atoms with E-state index in [4.69, 9.17) is 0 Å². The van der Waals surface area contributed by atoms with Crippen molar-refractivity contribution >= 4 is 15.7 Å². The summed E-state index contributed by atoms with van der Waals surface area (Å²) in [6.45, 7) is 3.29. The number of anilines is 1. The molecule has 3 aromatic rings. The summed E-state index contributed by atoms with van der Waals surface area (Å²) in [5, 5.41) is 6.65. The van der Waals surface area contributed by atoms with Crippen LogP contribution in [0.1, 0.15) is 17.0 Å². The third kappa shape index (κ3) is 3.39. The lowest BCUT2D eigenvalue weighted by molar-refractivity contribution is 0.588. The van der Waals surface area contributed by atoms with Crippen LogP contribution in [-0.2, 0) is 16.6 Å². The molecule has 0 aliphatic heterocycles. The van der Waals surface area contributed by atoms with Gasteiger partial charge in [-0.2, -0.15) is 5.10 Å². The Morgan fingerprint density at radius 2 is 2.00 bits per heavy atom. The maximum atomic E-state index is 13.7. The highest BCUT2D eigenvalue weighted by atomic mass is 32.2. The zero-order chi connectivity index (χ0) is 18.0. The van der Waals surface area contributed by atoms with E-state index in [1.807, 2.05) is 0 Å². The van der Waals surface area contributed by atoms with Gasteiger partial charge >= 0.3 is 0 Å². The number of rotatable bonds is 5. The molecule has 0 spiro atoms. The van der Waals surface area contributed by atoms with E-state index in [1.165, 1.54) is 18.2 Å². The fourth-order valence-electron chi connectivity index (χ4n) is 2.63. The number of hydrogen-bond donors (Lipinski definition) is 1. The molecule has 0 bridgehead atoms. The molecule has 0 atom stereocenters. The quantitative estimate of drug-likeness (QED) is 0.759. The first-order valence-electron chi connectivity index (χ1n) is 7.58. The molecule has 0 amide bonds. The fraction of sp³-hybridized carbons (Fsp3) is 0.176. The van der Waals surface area contributed by atoms with E-state index in [1.54, 1.807) is 44.4 Å². The Labute approximate surface area is 145 Å². The molecule has 6 nitrogen and oxygen atoms in total. The van der Waals surface area contributed by atoms with Crippen molar-refractivity contribution in [3.8, 4) is 0 Å². The molecule has 0 unspecified atom stereocenters. The van der Waals surface area contributed by atoms with Gasteiger partial charge < -0.3 is 0 Å². The number of pyridine rings is 1. The van der Waals surface area contributed by atoms with Gasteiger partial charge in [0.25, 0.3) is 10.0 Å². The summed E-state index contributed by atoms with van der Waals surface area (Å²) in [7, 11) is -3.94. The molecule has 0 aliphatic carbocycles. The standard InChI is InChI=1S/C17H17FN4O2S/c1-12-17(13(2)21-20-12)25(23,24)22(11-14-5-4-8-19-10-14)16-7-3-6-15(18)9-16/h3-10H,11H2,1-2H3,(H,20,21). The van der Waals surface area contributed by atoms with Gasteiger partial charge in [-0.1, -0.05) is 12.1 Å². The van der Waals surface area contributed by atoms with Crippen molar-refractivity contribution in [2.24, 2.45) is 0 Å². The third-order valence-electron chi connectivity index (χ3n) is 3.75. The number of hydrogen-bond acceptors (Lipinski definition) is 4. The highest BCUT2D eigenvalue weighted by Crippen LogP contribution is 2.29. The van der Waals surface area contributed by atoms with Crippen LogP contribution < -0.4 is 4.31 Å². The van der Waals surface area contributed by atoms with Crippen molar-refractivity contribution in [1.82, 2.24) is 15.2 Å². The Morgan fingerprint density at radius 3 is 2.60 bits per heavy atom. The molecule has 2 heterocycles. The third-order valence-corrected chi connectivity index (χ3v) is 5.79. The van der Waals surface area contributed by atoms with Crippen molar-refractivity contribution < 1.29 is 12.8 Å². The second-order valence-electron chi connectivity index (χ2n) is 5.62. The van der Waals surface area contributed by atoms with Crippen LogP contribution in [-0.4, -0.2) is 23.6 Å². The topological polar surface area (TPSA) is 79.0 Å². The SMILES string of the molecule is Cc1n[nH]c(C)c1S(=O)(=O)N(Cc1cccnc1)c1cccc(F)c1. The molecule has 3 rings (SSSR count). The lowest BCUT2D eigenvalue weighted by atomic mass is 10.2. The zero-order valence-electron chi connectivity index (χ0n) is 13.8. The van der Waals surface area contributed by atoms with Gasteiger partial charge in [0, 0.05) is 12.4 Å². The van der Waals surface area contributed by atoms with Gasteiger partial charge in [-0.05, 0) is 43.7 Å². The van der Waals surface area contributed by atoms with Crippen molar-refractivity contribution in [3.63, 3.8) is 0 Å². The molecular weight excluding hydrogens is 343 g/mol. The number of nitrogens with one attached hydrogen (secondary N) is 1. The molecule has 0 saturated heterocycles. The van der Waals surface area contributed by atoms with Crippen LogP contribution >= 0.6 is 0 Å². The average Bonchev–Trinajstić information content (AvgIpc) is 2.93. The number of H-pyrrole nitrogens is 1. The van der Waals surface area contributed by atoms with E-state index in [2.05, 4.69) is 15.2 Å². The van der Waals surface area contributed by atoms with E-state index < -0.39 is 15.8 Å². The van der Waals surface area contributed by atoms with Gasteiger partial charge in [0.05, 0.1) is 23.6 Å². The molecular formula is C17H17FN4O2S. The average molecular weight is 360 g/mol. The minimum Gasteiger partial charge on any atom is -0.281 e. The van der Waals surface area contributed by atoms with Gasteiger partial charge in [-0.25, -0.2) is 12.8 Å². The first kappa shape index (κ1) is 17.1. The summed E-state index contributed by atoms with van der Waals surface area (Å²) < 4.78 is 41.4. The molecule has 0 aliphatic rings. The van der Waals surface area contributed by atoms with Crippen LogP contribution in [0.4, 0.5) is 10.1 Å². The Hall–Kier alpha value is -2.74. The van der Waals surface area contributed by atoms with Gasteiger partial charge in [-0.3, -0.25) is 14.4 Å². The second-order valence-corrected chi connectivity index (χ2v) is 7.42. The lowest BCUT2D eigenvalue weighted by Gasteiger charge is -2.24. The van der Waals surface area contributed by atoms with Crippen molar-refractivity contribution in [2.75, 3.05) is 4.31 Å². The number of benzene rings is 1. The summed E-state index contributed by atoms with van der Waals surface area (Å²) in [5.41, 5.74) is 1.73. The highest BCUT2D eigenvalue weighted by Gasteiger charge is 2.30. The zero-order valence-corrected chi connectivity index (χ0v) is 14.6. The number of aromatic nitrogens is 3. The Balaban J connectivity index is 2.14. The normalized spacial score (nSPS) is 11.5. The van der Waals surface area contributed by atoms with Crippen LogP contribution in [0.3, 0.4) is 0 Å². The molecule has 0 saturated carbocycles. The van der Waals surface area contributed by atoms with Gasteiger partial charge in [-0.15, -0.1) is 0 Å². The summed E-state index contributed by atoms with van der Waals surface area (Å²) in [6.07, 6.45) is 3.19. The summed E-state index contributed by atoms with van der Waals surface area (Å²) >= 11 is 0. The van der Waals surface area contributed by atoms with Gasteiger partial charge in [0.2, 0.25) is 0 Å². The van der Waals surface area contributed by atoms with Gasteiger partial charge in [0.15, 0.2) is 0 Å². The van der Waals surface area contributed by atoms with Crippen LogP contribution in [0, 0.1) is 19.7 Å². The van der Waals surface area contributed by atoms with Crippen LogP contribution in [0.15, 0.2) is 53.7 Å². The minimum atomic E-state index is -3.94. The number of sulfonamides is 1. The van der Waals surface area contributed by atoms with Gasteiger partial charge in [0.1, 0.15) is 10.7 Å². The molecule has 2 aromatic heterocycles. The largest absolute Gasteiger partial charge is 0.281 e. The van der Waals surface area contributed by atoms with E-state index in [-0.39, 0.29) is 17.1 Å². The summed E-state index contributed by atoms with van der Waals surface area (Å²) in [4.78, 5) is 4.11. The van der Waals surface area contributed by atoms with Crippen molar-refractivity contribution in [3.05, 3.63) is 71.6 Å². The first-order chi connectivity index (χ1) is 11.9. The Kier molecular flexibility index (Phi) is 4.54. The predicted octanol–water partition coefficient (Wildman–Crippen LogP) is 2.96. The number of nitrogens with zero attached hydrogens (tertiary/aromatic N) is 3. The van der Waals surface area contributed by atoms with Crippen LogP contribution in [0.5, 0.6) is 0 Å². The number of aryl methyl sites for hydroxylation is 2. The molecule has 0 radical (unpaired) electrons. The van der Waals surface area contributed by atoms with E-state index in [0.29, 0.717) is 17.0 Å². The molecule has 8 heteroatoms. The van der Waals surface area contributed by atoms with Crippen molar-refractivity contribution in [1.29, 1.82) is 0 Å². The van der Waals surface area contributed by atoms with E-state index >= 15 is 0 Å². The molecule has 1 aromatic carbocycles. The molecule has 25 heavy (non-hydrogen) atoms. The van der Waals surface area contributed by atoms with Crippen LogP contribution in [0.2, 0.25) is 0 Å². The fourth-order valence-corrected chi connectivity index (χ4v) is 4.42. The monoisotopic (exact) mass is 360 g/mol. The van der Waals surface area contributed by atoms with E-state index in [9.17, 15) is 12.8 Å². The maximum Gasteiger partial charge on any atom is 0.268 e. The molecule has 0 fully saturated rings. The summed E-state index contributed by atoms with van der Waals surface area (Å²) in [6, 6.07) is 8.99. The lowest BCUT2D eigenvalue weighted by Crippen LogP contribution is -2.31. The second kappa shape index (κ2) is 6.64. The number of halogens is 1. The Morgan fingerprint density at radius 1 is 1.20 bits per heavy atom.